The van der Waals surface area contributed by atoms with Gasteiger partial charge in [0.25, 0.3) is 0 Å². The van der Waals surface area contributed by atoms with Crippen LogP contribution in [0.1, 0.15) is 25.8 Å². The van der Waals surface area contributed by atoms with Crippen molar-refractivity contribution in [1.29, 1.82) is 5.26 Å². The minimum Gasteiger partial charge on any atom is -0.465 e. The number of carbonyl (C=O) groups excluding carboxylic acids is 1. The molecule has 0 spiro atoms. The van der Waals surface area contributed by atoms with Gasteiger partial charge in [0.15, 0.2) is 5.82 Å². The van der Waals surface area contributed by atoms with Crippen molar-refractivity contribution >= 4 is 11.8 Å². The molecule has 1 aromatic rings. The third-order valence-corrected chi connectivity index (χ3v) is 2.24. The first-order valence-electron chi connectivity index (χ1n) is 5.85. The van der Waals surface area contributed by atoms with Crippen LogP contribution in [0.25, 0.3) is 0 Å². The Morgan fingerprint density at radius 3 is 2.94 bits per heavy atom. The molecule has 0 N–H and O–H groups in total. The van der Waals surface area contributed by atoms with Crippen LogP contribution in [-0.4, -0.2) is 35.9 Å². The lowest BCUT2D eigenvalue weighted by Crippen LogP contribution is -2.33. The summed E-state index contributed by atoms with van der Waals surface area (Å²) in [6.45, 7) is 4.78. The number of ether oxygens (including phenoxy) is 1. The quantitative estimate of drug-likeness (QED) is 0.702. The number of carbonyl (C=O) groups is 1. The van der Waals surface area contributed by atoms with Crippen LogP contribution in [0.15, 0.2) is 12.3 Å². The Hall–Kier alpha value is -2.16. The molecule has 0 fully saturated rings. The maximum Gasteiger partial charge on any atom is 0.325 e. The minimum atomic E-state index is -0.333. The van der Waals surface area contributed by atoms with Crippen LogP contribution in [0.3, 0.4) is 0 Å². The first-order chi connectivity index (χ1) is 8.72. The van der Waals surface area contributed by atoms with Crippen molar-refractivity contribution in [3.05, 3.63) is 17.8 Å². The van der Waals surface area contributed by atoms with Gasteiger partial charge in [0.1, 0.15) is 12.6 Å². The molecule has 0 aliphatic heterocycles. The fourth-order valence-corrected chi connectivity index (χ4v) is 1.54. The van der Waals surface area contributed by atoms with E-state index in [1.54, 1.807) is 17.9 Å². The van der Waals surface area contributed by atoms with Crippen molar-refractivity contribution in [2.75, 3.05) is 24.6 Å². The van der Waals surface area contributed by atoms with E-state index in [-0.39, 0.29) is 12.5 Å². The number of hydrogen-bond donors (Lipinski definition) is 0. The maximum atomic E-state index is 11.5. The lowest BCUT2D eigenvalue weighted by Gasteiger charge is -2.21. The predicted molar refractivity (Wildman–Crippen MR) is 65.9 cm³/mol. The average Bonchev–Trinajstić information content (AvgIpc) is 2.38. The van der Waals surface area contributed by atoms with Gasteiger partial charge in [-0.1, -0.05) is 6.92 Å². The number of rotatable bonds is 6. The Bertz CT molecular complexity index is 442. The van der Waals surface area contributed by atoms with E-state index in [4.69, 9.17) is 10.00 Å². The van der Waals surface area contributed by atoms with Crippen molar-refractivity contribution in [1.82, 2.24) is 10.2 Å². The highest BCUT2D eigenvalue weighted by Gasteiger charge is 2.16. The molecule has 0 saturated carbocycles. The minimum absolute atomic E-state index is 0.0784. The molecule has 6 heteroatoms. The molecular formula is C12H16N4O2. The molecule has 0 aromatic carbocycles. The Morgan fingerprint density at radius 1 is 1.56 bits per heavy atom. The lowest BCUT2D eigenvalue weighted by molar-refractivity contribution is -0.141. The second kappa shape index (κ2) is 7.22. The number of anilines is 1. The molecule has 0 aliphatic rings. The summed E-state index contributed by atoms with van der Waals surface area (Å²) in [7, 11) is 0. The molecule has 0 bridgehead atoms. The molecule has 18 heavy (non-hydrogen) atoms. The van der Waals surface area contributed by atoms with E-state index < -0.39 is 0 Å². The zero-order valence-corrected chi connectivity index (χ0v) is 10.6. The van der Waals surface area contributed by atoms with E-state index in [2.05, 4.69) is 10.2 Å². The molecular weight excluding hydrogens is 232 g/mol. The van der Waals surface area contributed by atoms with Gasteiger partial charge in [0, 0.05) is 6.54 Å². The smallest absolute Gasteiger partial charge is 0.325 e. The van der Waals surface area contributed by atoms with E-state index in [9.17, 15) is 4.79 Å². The molecule has 1 aromatic heterocycles. The van der Waals surface area contributed by atoms with Gasteiger partial charge in [0.2, 0.25) is 0 Å². The van der Waals surface area contributed by atoms with Gasteiger partial charge in [-0.3, -0.25) is 4.79 Å². The monoisotopic (exact) mass is 248 g/mol. The molecule has 0 amide bonds. The number of nitrogens with zero attached hydrogens (tertiary/aromatic N) is 4. The first-order valence-corrected chi connectivity index (χ1v) is 5.85. The highest BCUT2D eigenvalue weighted by atomic mass is 16.5. The van der Waals surface area contributed by atoms with Crippen molar-refractivity contribution < 1.29 is 9.53 Å². The second-order valence-electron chi connectivity index (χ2n) is 3.61. The molecule has 0 radical (unpaired) electrons. The summed E-state index contributed by atoms with van der Waals surface area (Å²) in [5.74, 6) is 0.0930. The van der Waals surface area contributed by atoms with Crippen LogP contribution < -0.4 is 4.90 Å². The van der Waals surface area contributed by atoms with E-state index >= 15 is 0 Å². The Kier molecular flexibility index (Phi) is 5.58. The molecule has 0 saturated heterocycles. The van der Waals surface area contributed by atoms with Gasteiger partial charge in [-0.2, -0.15) is 10.4 Å². The Balaban J connectivity index is 2.90. The highest BCUT2D eigenvalue weighted by molar-refractivity contribution is 5.76. The summed E-state index contributed by atoms with van der Waals surface area (Å²) < 4.78 is 4.90. The summed E-state index contributed by atoms with van der Waals surface area (Å²) in [5, 5.41) is 16.7. The largest absolute Gasteiger partial charge is 0.465 e. The molecule has 0 atom stereocenters. The van der Waals surface area contributed by atoms with Gasteiger partial charge in [0.05, 0.1) is 18.4 Å². The maximum absolute atomic E-state index is 11.5. The fraction of sp³-hybridized carbons (Fsp3) is 0.500. The molecule has 1 rings (SSSR count). The Labute approximate surface area is 106 Å². The van der Waals surface area contributed by atoms with Crippen molar-refractivity contribution in [2.24, 2.45) is 0 Å². The lowest BCUT2D eigenvalue weighted by atomic mass is 10.2. The van der Waals surface area contributed by atoms with Gasteiger partial charge < -0.3 is 9.64 Å². The third-order valence-electron chi connectivity index (χ3n) is 2.24. The standard InChI is InChI=1S/C12H16N4O2/c1-3-7-16(9-11(17)18-4-2)12-10(8-13)5-6-14-15-12/h5-6H,3-4,7,9H2,1-2H3. The Morgan fingerprint density at radius 2 is 2.33 bits per heavy atom. The van der Waals surface area contributed by atoms with Crippen molar-refractivity contribution in [3.63, 3.8) is 0 Å². The van der Waals surface area contributed by atoms with Crippen LogP contribution in [0, 0.1) is 11.3 Å². The summed E-state index contributed by atoms with van der Waals surface area (Å²) in [4.78, 5) is 13.2. The number of esters is 1. The van der Waals surface area contributed by atoms with Crippen LogP contribution in [0.2, 0.25) is 0 Å². The van der Waals surface area contributed by atoms with E-state index in [1.165, 1.54) is 6.20 Å². The summed E-state index contributed by atoms with van der Waals surface area (Å²) in [5.41, 5.74) is 0.405. The molecule has 0 unspecified atom stereocenters. The van der Waals surface area contributed by atoms with Crippen LogP contribution >= 0.6 is 0 Å². The first kappa shape index (κ1) is 13.9. The summed E-state index contributed by atoms with van der Waals surface area (Å²) >= 11 is 0. The topological polar surface area (TPSA) is 79.1 Å². The van der Waals surface area contributed by atoms with Gasteiger partial charge in [-0.05, 0) is 19.4 Å². The predicted octanol–water partition coefficient (Wildman–Crippen LogP) is 1.13. The zero-order valence-electron chi connectivity index (χ0n) is 10.6. The molecule has 96 valence electrons. The van der Waals surface area contributed by atoms with E-state index in [0.29, 0.717) is 24.5 Å². The number of hydrogen-bond acceptors (Lipinski definition) is 6. The molecule has 1 heterocycles. The summed E-state index contributed by atoms with van der Waals surface area (Å²) in [6, 6.07) is 3.62. The molecule has 6 nitrogen and oxygen atoms in total. The zero-order chi connectivity index (χ0) is 13.4. The van der Waals surface area contributed by atoms with Crippen LogP contribution in [0.4, 0.5) is 5.82 Å². The SMILES string of the molecule is CCCN(CC(=O)OCC)c1nnccc1C#N. The normalized spacial score (nSPS) is 9.61. The van der Waals surface area contributed by atoms with E-state index in [1.807, 2.05) is 13.0 Å². The fourth-order valence-electron chi connectivity index (χ4n) is 1.54. The molecule has 0 aliphatic carbocycles. The number of nitriles is 1. The van der Waals surface area contributed by atoms with Gasteiger partial charge in [-0.15, -0.1) is 5.10 Å². The average molecular weight is 248 g/mol. The van der Waals surface area contributed by atoms with Gasteiger partial charge >= 0.3 is 5.97 Å². The second-order valence-corrected chi connectivity index (χ2v) is 3.61. The van der Waals surface area contributed by atoms with Crippen LogP contribution in [0.5, 0.6) is 0 Å². The summed E-state index contributed by atoms with van der Waals surface area (Å²) in [6.07, 6.45) is 2.29. The number of aromatic nitrogens is 2. The van der Waals surface area contributed by atoms with Crippen molar-refractivity contribution in [2.45, 2.75) is 20.3 Å². The van der Waals surface area contributed by atoms with Crippen molar-refractivity contribution in [3.8, 4) is 6.07 Å². The van der Waals surface area contributed by atoms with Gasteiger partial charge in [-0.25, -0.2) is 0 Å². The van der Waals surface area contributed by atoms with Crippen LogP contribution in [-0.2, 0) is 9.53 Å². The third kappa shape index (κ3) is 3.70. The highest BCUT2D eigenvalue weighted by Crippen LogP contribution is 2.15. The van der Waals surface area contributed by atoms with E-state index in [0.717, 1.165) is 6.42 Å².